The number of aromatic amines is 1. The average molecular weight is 205 g/mol. The molecule has 0 aromatic carbocycles. The van der Waals surface area contributed by atoms with Crippen molar-refractivity contribution in [3.8, 4) is 0 Å². The van der Waals surface area contributed by atoms with Gasteiger partial charge in [0.1, 0.15) is 11.3 Å². The number of nitrogens with one attached hydrogen (secondary N) is 1. The normalized spacial score (nSPS) is 13.7. The minimum atomic E-state index is -0.0883. The lowest BCUT2D eigenvalue weighted by Crippen LogP contribution is -2.19. The van der Waals surface area contributed by atoms with E-state index in [9.17, 15) is 0 Å². The van der Waals surface area contributed by atoms with Gasteiger partial charge in [0.25, 0.3) is 0 Å². The van der Waals surface area contributed by atoms with Crippen molar-refractivity contribution in [1.82, 2.24) is 19.9 Å². The van der Waals surface area contributed by atoms with E-state index in [1.54, 1.807) is 6.33 Å². The molecule has 3 N–H and O–H groups in total. The van der Waals surface area contributed by atoms with Gasteiger partial charge < -0.3 is 10.7 Å². The summed E-state index contributed by atoms with van der Waals surface area (Å²) < 4.78 is 0. The molecule has 0 aliphatic rings. The number of aryl methyl sites for hydroxylation is 1. The second-order valence-corrected chi connectivity index (χ2v) is 4.03. The van der Waals surface area contributed by atoms with Crippen molar-refractivity contribution in [1.29, 1.82) is 0 Å². The number of nitrogens with two attached hydrogens (primary N) is 1. The SMILES string of the molecule is Cc1nc(C(N)C(C)C)c2[nH]cnc2n1. The van der Waals surface area contributed by atoms with E-state index >= 15 is 0 Å². The molecule has 5 nitrogen and oxygen atoms in total. The summed E-state index contributed by atoms with van der Waals surface area (Å²) in [5.74, 6) is 1.05. The van der Waals surface area contributed by atoms with Gasteiger partial charge in [-0.3, -0.25) is 0 Å². The van der Waals surface area contributed by atoms with Gasteiger partial charge in [-0.2, -0.15) is 0 Å². The number of imidazole rings is 1. The van der Waals surface area contributed by atoms with E-state index < -0.39 is 0 Å². The third kappa shape index (κ3) is 1.70. The molecule has 0 saturated heterocycles. The molecule has 0 saturated carbocycles. The van der Waals surface area contributed by atoms with E-state index in [1.165, 1.54) is 0 Å². The highest BCUT2D eigenvalue weighted by molar-refractivity contribution is 5.73. The van der Waals surface area contributed by atoms with Crippen LogP contribution in [-0.4, -0.2) is 19.9 Å². The third-order valence-corrected chi connectivity index (χ3v) is 2.46. The van der Waals surface area contributed by atoms with Crippen LogP contribution in [0.2, 0.25) is 0 Å². The number of hydrogen-bond acceptors (Lipinski definition) is 4. The Balaban J connectivity index is 2.62. The van der Waals surface area contributed by atoms with E-state index in [-0.39, 0.29) is 6.04 Å². The number of H-pyrrole nitrogens is 1. The van der Waals surface area contributed by atoms with Crippen LogP contribution in [0.5, 0.6) is 0 Å². The Morgan fingerprint density at radius 1 is 1.33 bits per heavy atom. The van der Waals surface area contributed by atoms with Crippen molar-refractivity contribution in [2.75, 3.05) is 0 Å². The maximum atomic E-state index is 6.09. The first-order valence-corrected chi connectivity index (χ1v) is 5.02. The number of nitrogens with zero attached hydrogens (tertiary/aromatic N) is 3. The van der Waals surface area contributed by atoms with E-state index in [1.807, 2.05) is 6.92 Å². The fraction of sp³-hybridized carbons (Fsp3) is 0.500. The highest BCUT2D eigenvalue weighted by Gasteiger charge is 2.17. The van der Waals surface area contributed by atoms with Gasteiger partial charge in [0.05, 0.1) is 18.1 Å². The third-order valence-electron chi connectivity index (χ3n) is 2.46. The molecule has 0 bridgehead atoms. The van der Waals surface area contributed by atoms with Gasteiger partial charge in [0.2, 0.25) is 0 Å². The molecule has 80 valence electrons. The predicted molar refractivity (Wildman–Crippen MR) is 58.2 cm³/mol. The molecule has 5 heteroatoms. The van der Waals surface area contributed by atoms with Crippen molar-refractivity contribution in [2.45, 2.75) is 26.8 Å². The largest absolute Gasteiger partial charge is 0.342 e. The van der Waals surface area contributed by atoms with Gasteiger partial charge in [-0.25, -0.2) is 15.0 Å². The van der Waals surface area contributed by atoms with Crippen molar-refractivity contribution in [2.24, 2.45) is 11.7 Å². The van der Waals surface area contributed by atoms with Crippen LogP contribution in [0, 0.1) is 12.8 Å². The number of fused-ring (bicyclic) bond motifs is 1. The summed E-state index contributed by atoms with van der Waals surface area (Å²) in [6.45, 7) is 6.00. The van der Waals surface area contributed by atoms with Crippen LogP contribution in [0.15, 0.2) is 6.33 Å². The minimum absolute atomic E-state index is 0.0883. The molecule has 15 heavy (non-hydrogen) atoms. The van der Waals surface area contributed by atoms with Crippen molar-refractivity contribution < 1.29 is 0 Å². The van der Waals surface area contributed by atoms with E-state index in [4.69, 9.17) is 5.73 Å². The Hall–Kier alpha value is -1.49. The molecule has 2 aromatic rings. The predicted octanol–water partition coefficient (Wildman–Crippen LogP) is 1.32. The van der Waals surface area contributed by atoms with Crippen LogP contribution in [0.1, 0.15) is 31.4 Å². The standard InChI is InChI=1S/C10H15N5/c1-5(2)7(11)8-9-10(13-4-12-9)15-6(3)14-8/h4-5,7H,11H2,1-3H3,(H,12,13,14,15). The molecule has 2 rings (SSSR count). The number of hydrogen-bond donors (Lipinski definition) is 2. The first-order valence-electron chi connectivity index (χ1n) is 5.02. The van der Waals surface area contributed by atoms with Gasteiger partial charge >= 0.3 is 0 Å². The van der Waals surface area contributed by atoms with Gasteiger partial charge in [-0.05, 0) is 12.8 Å². The summed E-state index contributed by atoms with van der Waals surface area (Å²) in [5.41, 5.74) is 8.48. The second kappa shape index (κ2) is 3.58. The lowest BCUT2D eigenvalue weighted by atomic mass is 10.0. The zero-order valence-electron chi connectivity index (χ0n) is 9.15. The van der Waals surface area contributed by atoms with Crippen molar-refractivity contribution in [3.05, 3.63) is 17.8 Å². The quantitative estimate of drug-likeness (QED) is 0.774. The van der Waals surface area contributed by atoms with Gasteiger partial charge in [-0.15, -0.1) is 0 Å². The van der Waals surface area contributed by atoms with E-state index in [0.29, 0.717) is 17.4 Å². The lowest BCUT2D eigenvalue weighted by Gasteiger charge is -2.15. The fourth-order valence-corrected chi connectivity index (χ4v) is 1.53. The zero-order chi connectivity index (χ0) is 11.0. The first kappa shape index (κ1) is 10.0. The minimum Gasteiger partial charge on any atom is -0.342 e. The van der Waals surface area contributed by atoms with Crippen LogP contribution in [0.25, 0.3) is 11.2 Å². The van der Waals surface area contributed by atoms with Gasteiger partial charge in [0.15, 0.2) is 5.65 Å². The number of rotatable bonds is 2. The Bertz CT molecular complexity index is 474. The molecule has 1 unspecified atom stereocenters. The molecule has 1 atom stereocenters. The Labute approximate surface area is 88.1 Å². The van der Waals surface area contributed by atoms with E-state index in [0.717, 1.165) is 11.2 Å². The summed E-state index contributed by atoms with van der Waals surface area (Å²) >= 11 is 0. The van der Waals surface area contributed by atoms with Gasteiger partial charge in [-0.1, -0.05) is 13.8 Å². The highest BCUT2D eigenvalue weighted by Crippen LogP contribution is 2.22. The zero-order valence-corrected chi connectivity index (χ0v) is 9.15. The smallest absolute Gasteiger partial charge is 0.181 e. The number of aromatic nitrogens is 4. The summed E-state index contributed by atoms with van der Waals surface area (Å²) in [5, 5.41) is 0. The van der Waals surface area contributed by atoms with Crippen LogP contribution in [-0.2, 0) is 0 Å². The molecule has 0 spiro atoms. The molecule has 2 heterocycles. The molecule has 0 aliphatic carbocycles. The van der Waals surface area contributed by atoms with Gasteiger partial charge in [0, 0.05) is 0 Å². The Kier molecular flexibility index (Phi) is 2.40. The molecule has 0 radical (unpaired) electrons. The maximum Gasteiger partial charge on any atom is 0.181 e. The maximum absolute atomic E-state index is 6.09. The van der Waals surface area contributed by atoms with Crippen LogP contribution < -0.4 is 5.73 Å². The Morgan fingerprint density at radius 2 is 2.07 bits per heavy atom. The summed E-state index contributed by atoms with van der Waals surface area (Å²) in [6.07, 6.45) is 1.62. The molecular weight excluding hydrogens is 190 g/mol. The van der Waals surface area contributed by atoms with Crippen molar-refractivity contribution in [3.63, 3.8) is 0 Å². The monoisotopic (exact) mass is 205 g/mol. The summed E-state index contributed by atoms with van der Waals surface area (Å²) in [7, 11) is 0. The van der Waals surface area contributed by atoms with Crippen molar-refractivity contribution >= 4 is 11.2 Å². The van der Waals surface area contributed by atoms with E-state index in [2.05, 4.69) is 33.8 Å². The molecule has 0 aliphatic heterocycles. The molecule has 2 aromatic heterocycles. The molecule has 0 fully saturated rings. The molecular formula is C10H15N5. The first-order chi connectivity index (χ1) is 7.09. The molecule has 0 amide bonds. The van der Waals surface area contributed by atoms with Crippen LogP contribution in [0.3, 0.4) is 0 Å². The van der Waals surface area contributed by atoms with Crippen LogP contribution >= 0.6 is 0 Å². The van der Waals surface area contributed by atoms with Crippen LogP contribution in [0.4, 0.5) is 0 Å². The average Bonchev–Trinajstić information content (AvgIpc) is 2.62. The second-order valence-electron chi connectivity index (χ2n) is 4.03. The summed E-state index contributed by atoms with van der Waals surface area (Å²) in [4.78, 5) is 15.8. The topological polar surface area (TPSA) is 80.5 Å². The fourth-order valence-electron chi connectivity index (χ4n) is 1.53. The highest BCUT2D eigenvalue weighted by atomic mass is 15.0. The lowest BCUT2D eigenvalue weighted by molar-refractivity contribution is 0.504. The summed E-state index contributed by atoms with van der Waals surface area (Å²) in [6, 6.07) is -0.0883. The Morgan fingerprint density at radius 3 is 2.73 bits per heavy atom.